The van der Waals surface area contributed by atoms with Crippen LogP contribution in [0, 0.1) is 11.7 Å². The fraction of sp³-hybridized carbons (Fsp3) is 0.611. The van der Waals surface area contributed by atoms with Gasteiger partial charge in [0.1, 0.15) is 5.82 Å². The molecule has 0 saturated heterocycles. The average molecular weight is 339 g/mol. The molecule has 2 aliphatic carbocycles. The first kappa shape index (κ1) is 16.7. The van der Waals surface area contributed by atoms with E-state index < -0.39 is 5.82 Å². The summed E-state index contributed by atoms with van der Waals surface area (Å²) < 4.78 is 13.3. The molecule has 1 amide bonds. The smallest absolute Gasteiger partial charge is 0.251 e. The molecule has 0 aromatic heterocycles. The first-order valence-corrected chi connectivity index (χ1v) is 8.98. The molecule has 5 heteroatoms. The van der Waals surface area contributed by atoms with E-state index in [-0.39, 0.29) is 22.5 Å². The monoisotopic (exact) mass is 338 g/mol. The minimum atomic E-state index is -0.482. The van der Waals surface area contributed by atoms with Crippen molar-refractivity contribution in [1.29, 1.82) is 0 Å². The summed E-state index contributed by atoms with van der Waals surface area (Å²) in [6.07, 6.45) is 8.44. The number of carbonyl (C=O) groups is 1. The number of rotatable bonds is 6. The minimum absolute atomic E-state index is 0.158. The van der Waals surface area contributed by atoms with Crippen LogP contribution in [0.2, 0.25) is 5.02 Å². The highest BCUT2D eigenvalue weighted by Gasteiger charge is 2.26. The number of hydrogen-bond acceptors (Lipinski definition) is 2. The highest BCUT2D eigenvalue weighted by Crippen LogP contribution is 2.29. The van der Waals surface area contributed by atoms with Crippen molar-refractivity contribution in [3.63, 3.8) is 0 Å². The second kappa shape index (κ2) is 7.63. The summed E-state index contributed by atoms with van der Waals surface area (Å²) in [7, 11) is 0. The van der Waals surface area contributed by atoms with Gasteiger partial charge in [0.2, 0.25) is 0 Å². The van der Waals surface area contributed by atoms with Gasteiger partial charge in [-0.25, -0.2) is 4.39 Å². The van der Waals surface area contributed by atoms with Gasteiger partial charge in [-0.3, -0.25) is 4.79 Å². The molecule has 0 bridgehead atoms. The molecule has 1 aromatic carbocycles. The van der Waals surface area contributed by atoms with Crippen molar-refractivity contribution in [1.82, 2.24) is 10.6 Å². The van der Waals surface area contributed by atoms with Gasteiger partial charge in [0.15, 0.2) is 0 Å². The van der Waals surface area contributed by atoms with E-state index in [2.05, 4.69) is 10.6 Å². The predicted octanol–water partition coefficient (Wildman–Crippen LogP) is 3.91. The molecule has 126 valence electrons. The maximum atomic E-state index is 13.3. The van der Waals surface area contributed by atoms with Crippen LogP contribution in [-0.2, 0) is 0 Å². The van der Waals surface area contributed by atoms with E-state index >= 15 is 0 Å². The lowest BCUT2D eigenvalue weighted by Crippen LogP contribution is -2.35. The Labute approximate surface area is 142 Å². The molecule has 1 aromatic rings. The maximum absolute atomic E-state index is 13.3. The molecule has 23 heavy (non-hydrogen) atoms. The Morgan fingerprint density at radius 2 is 1.96 bits per heavy atom. The second-order valence-corrected chi connectivity index (χ2v) is 7.31. The van der Waals surface area contributed by atoms with Gasteiger partial charge in [-0.2, -0.15) is 0 Å². The molecule has 0 radical (unpaired) electrons. The van der Waals surface area contributed by atoms with Crippen LogP contribution in [0.15, 0.2) is 18.2 Å². The second-order valence-electron chi connectivity index (χ2n) is 6.88. The fourth-order valence-corrected chi connectivity index (χ4v) is 3.75. The van der Waals surface area contributed by atoms with Crippen molar-refractivity contribution in [3.8, 4) is 0 Å². The summed E-state index contributed by atoms with van der Waals surface area (Å²) in [5, 5.41) is 6.85. The van der Waals surface area contributed by atoms with Crippen LogP contribution in [0.5, 0.6) is 0 Å². The Morgan fingerprint density at radius 3 is 2.65 bits per heavy atom. The normalized spacial score (nSPS) is 24.4. The lowest BCUT2D eigenvalue weighted by atomic mass is 9.83. The van der Waals surface area contributed by atoms with Crippen LogP contribution in [0.1, 0.15) is 55.3 Å². The van der Waals surface area contributed by atoms with Gasteiger partial charge >= 0.3 is 0 Å². The number of nitrogens with one attached hydrogen (secondary N) is 2. The van der Waals surface area contributed by atoms with Gasteiger partial charge in [-0.1, -0.05) is 30.9 Å². The van der Waals surface area contributed by atoms with Gasteiger partial charge in [0, 0.05) is 22.7 Å². The van der Waals surface area contributed by atoms with Gasteiger partial charge < -0.3 is 10.6 Å². The molecule has 0 heterocycles. The van der Waals surface area contributed by atoms with Crippen molar-refractivity contribution < 1.29 is 9.18 Å². The van der Waals surface area contributed by atoms with Gasteiger partial charge in [-0.15, -0.1) is 0 Å². The maximum Gasteiger partial charge on any atom is 0.251 e. The zero-order valence-electron chi connectivity index (χ0n) is 13.3. The summed E-state index contributed by atoms with van der Waals surface area (Å²) in [5.41, 5.74) is 0.288. The van der Waals surface area contributed by atoms with Gasteiger partial charge in [-0.05, 0) is 56.3 Å². The third-order valence-corrected chi connectivity index (χ3v) is 5.32. The summed E-state index contributed by atoms with van der Waals surface area (Å²) in [5.74, 6) is 0.202. The SMILES string of the molecule is O=C(N[C@@H]1CC[C@@H](NCCC2CCC2)C1)c1cc(F)cc(Cl)c1. The zero-order chi connectivity index (χ0) is 16.2. The number of halogens is 2. The molecule has 2 N–H and O–H groups in total. The molecule has 0 spiro atoms. The molecule has 0 aliphatic heterocycles. The largest absolute Gasteiger partial charge is 0.349 e. The quantitative estimate of drug-likeness (QED) is 0.825. The Bertz CT molecular complexity index is 542. The van der Waals surface area contributed by atoms with E-state index in [9.17, 15) is 9.18 Å². The number of hydrogen-bond donors (Lipinski definition) is 2. The summed E-state index contributed by atoms with van der Waals surface area (Å²) in [6, 6.07) is 4.58. The van der Waals surface area contributed by atoms with Crippen molar-refractivity contribution in [2.45, 2.75) is 57.0 Å². The number of benzene rings is 1. The van der Waals surface area contributed by atoms with Crippen LogP contribution < -0.4 is 10.6 Å². The van der Waals surface area contributed by atoms with Crippen molar-refractivity contribution >= 4 is 17.5 Å². The van der Waals surface area contributed by atoms with E-state index in [1.807, 2.05) is 0 Å². The molecule has 2 saturated carbocycles. The van der Waals surface area contributed by atoms with Crippen LogP contribution in [0.25, 0.3) is 0 Å². The van der Waals surface area contributed by atoms with E-state index in [1.54, 1.807) is 0 Å². The lowest BCUT2D eigenvalue weighted by molar-refractivity contribution is 0.0937. The van der Waals surface area contributed by atoms with Crippen molar-refractivity contribution in [3.05, 3.63) is 34.6 Å². The summed E-state index contributed by atoms with van der Waals surface area (Å²) in [4.78, 5) is 12.2. The van der Waals surface area contributed by atoms with Crippen LogP contribution >= 0.6 is 11.6 Å². The minimum Gasteiger partial charge on any atom is -0.349 e. The highest BCUT2D eigenvalue weighted by atomic mass is 35.5. The molecule has 2 fully saturated rings. The van der Waals surface area contributed by atoms with E-state index in [0.717, 1.165) is 31.7 Å². The standard InChI is InChI=1S/C18H24ClFN2O/c19-14-8-13(9-15(20)10-14)18(23)22-17-5-4-16(11-17)21-7-6-12-2-1-3-12/h8-10,12,16-17,21H,1-7,11H2,(H,22,23)/t16-,17-/m1/s1. The van der Waals surface area contributed by atoms with Crippen LogP contribution in [0.4, 0.5) is 4.39 Å². The topological polar surface area (TPSA) is 41.1 Å². The third kappa shape index (κ3) is 4.67. The number of carbonyl (C=O) groups excluding carboxylic acids is 1. The number of amides is 1. The van der Waals surface area contributed by atoms with Gasteiger partial charge in [0.25, 0.3) is 5.91 Å². The van der Waals surface area contributed by atoms with E-state index in [0.29, 0.717) is 6.04 Å². The molecular weight excluding hydrogens is 315 g/mol. The summed E-state index contributed by atoms with van der Waals surface area (Å²) >= 11 is 5.80. The lowest BCUT2D eigenvalue weighted by Gasteiger charge is -2.26. The molecule has 3 rings (SSSR count). The average Bonchev–Trinajstić information content (AvgIpc) is 2.88. The Hall–Kier alpha value is -1.13. The summed E-state index contributed by atoms with van der Waals surface area (Å²) in [6.45, 7) is 1.08. The van der Waals surface area contributed by atoms with Gasteiger partial charge in [0.05, 0.1) is 0 Å². The Balaban J connectivity index is 1.42. The van der Waals surface area contributed by atoms with E-state index in [4.69, 9.17) is 11.6 Å². The first-order chi connectivity index (χ1) is 11.1. The molecule has 0 unspecified atom stereocenters. The molecule has 3 nitrogen and oxygen atoms in total. The van der Waals surface area contributed by atoms with Crippen LogP contribution in [0.3, 0.4) is 0 Å². The predicted molar refractivity (Wildman–Crippen MR) is 90.3 cm³/mol. The zero-order valence-corrected chi connectivity index (χ0v) is 14.0. The molecule has 2 aliphatic rings. The van der Waals surface area contributed by atoms with Crippen LogP contribution in [-0.4, -0.2) is 24.5 Å². The molecule has 2 atom stereocenters. The third-order valence-electron chi connectivity index (χ3n) is 5.10. The fourth-order valence-electron chi connectivity index (χ4n) is 3.52. The van der Waals surface area contributed by atoms with E-state index in [1.165, 1.54) is 43.9 Å². The first-order valence-electron chi connectivity index (χ1n) is 8.60. The van der Waals surface area contributed by atoms with Crippen molar-refractivity contribution in [2.75, 3.05) is 6.54 Å². The Kier molecular flexibility index (Phi) is 5.54. The highest BCUT2D eigenvalue weighted by molar-refractivity contribution is 6.31. The van der Waals surface area contributed by atoms with Crippen molar-refractivity contribution in [2.24, 2.45) is 5.92 Å². The molecular formula is C18H24ClFN2O. The Morgan fingerprint density at radius 1 is 1.17 bits per heavy atom.